The number of pyridine rings is 1. The lowest BCUT2D eigenvalue weighted by molar-refractivity contribution is 0.0718. The largest absolute Gasteiger partial charge is 0.396 e. The number of carbonyl (C=O) groups excluding carboxylic acids is 1. The minimum atomic E-state index is -1.34. The van der Waals surface area contributed by atoms with Gasteiger partial charge in [-0.1, -0.05) is 36.4 Å². The summed E-state index contributed by atoms with van der Waals surface area (Å²) in [6.07, 6.45) is 3.46. The summed E-state index contributed by atoms with van der Waals surface area (Å²) < 4.78 is 29.7. The molecule has 2 aliphatic heterocycles. The smallest absolute Gasteiger partial charge is 0.272 e. The molecule has 2 aliphatic rings. The molecule has 1 fully saturated rings. The minimum Gasteiger partial charge on any atom is -0.396 e. The zero-order chi connectivity index (χ0) is 27.7. The van der Waals surface area contributed by atoms with Crippen LogP contribution in [0.2, 0.25) is 0 Å². The van der Waals surface area contributed by atoms with Gasteiger partial charge in [0.15, 0.2) is 0 Å². The molecule has 3 heterocycles. The van der Waals surface area contributed by atoms with Crippen LogP contribution in [0.15, 0.2) is 54.6 Å². The molecule has 0 unspecified atom stereocenters. The van der Waals surface area contributed by atoms with Crippen LogP contribution in [0.5, 0.6) is 0 Å². The average molecular weight is 550 g/mol. The maximum atomic E-state index is 14.7. The van der Waals surface area contributed by atoms with Crippen LogP contribution >= 0.6 is 0 Å². The van der Waals surface area contributed by atoms with Gasteiger partial charge in [-0.05, 0) is 75.8 Å². The Morgan fingerprint density at radius 3 is 2.46 bits per heavy atom. The Kier molecular flexibility index (Phi) is 7.99. The fourth-order valence-electron chi connectivity index (χ4n) is 5.59. The molecule has 8 heteroatoms. The van der Waals surface area contributed by atoms with Crippen molar-refractivity contribution in [3.8, 4) is 22.4 Å². The van der Waals surface area contributed by atoms with Crippen molar-refractivity contribution in [1.29, 1.82) is 0 Å². The second-order valence-corrected chi connectivity index (χ2v) is 13.5. The van der Waals surface area contributed by atoms with E-state index in [1.54, 1.807) is 18.2 Å². The number of likely N-dealkylation sites (tertiary alicyclic amines) is 1. The molecule has 1 saturated heterocycles. The van der Waals surface area contributed by atoms with Crippen LogP contribution in [0.25, 0.3) is 22.4 Å². The highest BCUT2D eigenvalue weighted by atomic mass is 32.2. The van der Waals surface area contributed by atoms with Crippen LogP contribution < -0.4 is 0 Å². The summed E-state index contributed by atoms with van der Waals surface area (Å²) in [7, 11) is -1.34. The number of nitrogens with zero attached hydrogens (tertiary/aromatic N) is 3. The number of aromatic nitrogens is 1. The predicted molar refractivity (Wildman–Crippen MR) is 153 cm³/mol. The van der Waals surface area contributed by atoms with Crippen molar-refractivity contribution in [2.24, 2.45) is 0 Å². The maximum absolute atomic E-state index is 14.7. The second-order valence-electron chi connectivity index (χ2n) is 11.3. The third-order valence-electron chi connectivity index (χ3n) is 7.47. The standard InChI is InChI=1S/C31H36FN3O3S/c1-31(2,3)39(38)35-20-23-19-26(30(37)34-15-7-4-8-16-34)33-29(28(23)27(35)14-17-36)22-11-9-10-21(18-22)24-12-5-6-13-25(24)32/h5-6,9-13,18-19,27,36H,4,7-8,14-17,20H2,1-3H3/t27-,39-/m0/s1. The van der Waals surface area contributed by atoms with Gasteiger partial charge >= 0.3 is 0 Å². The Hall–Kier alpha value is -2.94. The van der Waals surface area contributed by atoms with E-state index in [0.29, 0.717) is 48.6 Å². The summed E-state index contributed by atoms with van der Waals surface area (Å²) in [6.45, 7) is 7.54. The van der Waals surface area contributed by atoms with Crippen LogP contribution in [-0.2, 0) is 17.5 Å². The lowest BCUT2D eigenvalue weighted by Crippen LogP contribution is -2.36. The molecule has 0 aliphatic carbocycles. The normalized spacial score (nSPS) is 18.7. The molecule has 0 bridgehead atoms. The molecule has 1 N–H and O–H groups in total. The number of halogens is 1. The van der Waals surface area contributed by atoms with Crippen molar-refractivity contribution in [2.75, 3.05) is 19.7 Å². The first-order valence-electron chi connectivity index (χ1n) is 13.7. The highest BCUT2D eigenvalue weighted by Gasteiger charge is 2.40. The molecule has 206 valence electrons. The number of aliphatic hydroxyl groups is 1. The first-order chi connectivity index (χ1) is 18.7. The highest BCUT2D eigenvalue weighted by molar-refractivity contribution is 7.84. The second kappa shape index (κ2) is 11.3. The van der Waals surface area contributed by atoms with E-state index in [4.69, 9.17) is 4.98 Å². The molecule has 0 spiro atoms. The third-order valence-corrected chi connectivity index (χ3v) is 9.33. The number of amides is 1. The van der Waals surface area contributed by atoms with E-state index >= 15 is 0 Å². The molecule has 0 saturated carbocycles. The van der Waals surface area contributed by atoms with Gasteiger partial charge in [0.05, 0.1) is 16.5 Å². The van der Waals surface area contributed by atoms with Gasteiger partial charge in [-0.25, -0.2) is 17.9 Å². The SMILES string of the molecule is CC(C)(C)[S@](=O)N1Cc2cc(C(=O)N3CCCCC3)nc(-c3cccc(-c4ccccc4F)c3)c2[C@@H]1CCO. The quantitative estimate of drug-likeness (QED) is 0.417. The first kappa shape index (κ1) is 27.6. The highest BCUT2D eigenvalue weighted by Crippen LogP contribution is 2.44. The van der Waals surface area contributed by atoms with Gasteiger partial charge in [0.25, 0.3) is 5.91 Å². The number of hydrogen-bond acceptors (Lipinski definition) is 4. The number of rotatable bonds is 6. The van der Waals surface area contributed by atoms with E-state index in [0.717, 1.165) is 36.0 Å². The molecule has 6 nitrogen and oxygen atoms in total. The fourth-order valence-corrected chi connectivity index (χ4v) is 6.99. The van der Waals surface area contributed by atoms with E-state index < -0.39 is 15.7 Å². The molecule has 3 aromatic rings. The molecule has 1 aromatic heterocycles. The van der Waals surface area contributed by atoms with Crippen LogP contribution in [-0.4, -0.2) is 53.9 Å². The van der Waals surface area contributed by atoms with E-state index in [1.807, 2.05) is 60.3 Å². The molecule has 0 radical (unpaired) electrons. The summed E-state index contributed by atoms with van der Waals surface area (Å²) in [5.74, 6) is -0.412. The molecule has 5 rings (SSSR count). The zero-order valence-electron chi connectivity index (χ0n) is 22.8. The van der Waals surface area contributed by atoms with Crippen LogP contribution in [0.3, 0.4) is 0 Å². The van der Waals surface area contributed by atoms with Gasteiger partial charge in [-0.15, -0.1) is 0 Å². The summed E-state index contributed by atoms with van der Waals surface area (Å²) in [6, 6.07) is 15.7. The number of benzene rings is 2. The van der Waals surface area contributed by atoms with Crippen molar-refractivity contribution in [2.45, 2.75) is 63.8 Å². The summed E-state index contributed by atoms with van der Waals surface area (Å²) in [5, 5.41) is 10.0. The summed E-state index contributed by atoms with van der Waals surface area (Å²) in [5.41, 5.74) is 4.72. The number of fused-ring (bicyclic) bond motifs is 1. The first-order valence-corrected chi connectivity index (χ1v) is 14.8. The van der Waals surface area contributed by atoms with Crippen LogP contribution in [0.1, 0.15) is 74.1 Å². The Balaban J connectivity index is 1.67. The molecule has 2 atom stereocenters. The number of carbonyl (C=O) groups is 1. The number of hydrogen-bond donors (Lipinski definition) is 1. The van der Waals surface area contributed by atoms with Gasteiger partial charge < -0.3 is 10.0 Å². The number of aliphatic hydroxyl groups excluding tert-OH is 1. The van der Waals surface area contributed by atoms with E-state index in [1.165, 1.54) is 6.07 Å². The van der Waals surface area contributed by atoms with Crippen LogP contribution in [0.4, 0.5) is 4.39 Å². The Morgan fingerprint density at radius 1 is 1.05 bits per heavy atom. The lowest BCUT2D eigenvalue weighted by atomic mass is 9.94. The van der Waals surface area contributed by atoms with E-state index in [2.05, 4.69) is 0 Å². The average Bonchev–Trinajstić information content (AvgIpc) is 3.30. The van der Waals surface area contributed by atoms with E-state index in [9.17, 15) is 18.5 Å². The van der Waals surface area contributed by atoms with Crippen molar-refractivity contribution >= 4 is 16.9 Å². The van der Waals surface area contributed by atoms with E-state index in [-0.39, 0.29) is 24.4 Å². The molecular weight excluding hydrogens is 513 g/mol. The van der Waals surface area contributed by atoms with Gasteiger partial charge in [-0.2, -0.15) is 0 Å². The van der Waals surface area contributed by atoms with Crippen LogP contribution in [0, 0.1) is 5.82 Å². The Morgan fingerprint density at radius 2 is 1.77 bits per heavy atom. The van der Waals surface area contributed by atoms with Gasteiger partial charge in [0, 0.05) is 42.9 Å². The minimum absolute atomic E-state index is 0.0783. The Bertz CT molecular complexity index is 1400. The monoisotopic (exact) mass is 549 g/mol. The van der Waals surface area contributed by atoms with Gasteiger partial charge in [0.2, 0.25) is 0 Å². The van der Waals surface area contributed by atoms with Crippen molar-refractivity contribution in [1.82, 2.24) is 14.2 Å². The van der Waals surface area contributed by atoms with Gasteiger partial charge in [-0.3, -0.25) is 4.79 Å². The van der Waals surface area contributed by atoms with Crippen molar-refractivity contribution in [3.05, 3.63) is 77.2 Å². The summed E-state index contributed by atoms with van der Waals surface area (Å²) in [4.78, 5) is 20.4. The van der Waals surface area contributed by atoms with Crippen molar-refractivity contribution in [3.63, 3.8) is 0 Å². The lowest BCUT2D eigenvalue weighted by Gasteiger charge is -2.30. The molecule has 39 heavy (non-hydrogen) atoms. The topological polar surface area (TPSA) is 73.7 Å². The Labute approximate surface area is 232 Å². The zero-order valence-corrected chi connectivity index (χ0v) is 23.6. The third kappa shape index (κ3) is 5.55. The molecule has 1 amide bonds. The number of piperidine rings is 1. The predicted octanol–water partition coefficient (Wildman–Crippen LogP) is 5.88. The van der Waals surface area contributed by atoms with Gasteiger partial charge in [0.1, 0.15) is 22.5 Å². The molecule has 2 aromatic carbocycles. The maximum Gasteiger partial charge on any atom is 0.272 e. The van der Waals surface area contributed by atoms with Crippen molar-refractivity contribution < 1.29 is 18.5 Å². The fraction of sp³-hybridized carbons (Fsp3) is 0.419. The molecular formula is C31H36FN3O3S. The summed E-state index contributed by atoms with van der Waals surface area (Å²) >= 11 is 0.